The number of carbonyl (C=O) groups excluding carboxylic acids is 2. The van der Waals surface area contributed by atoms with Gasteiger partial charge in [0.15, 0.2) is 0 Å². The van der Waals surface area contributed by atoms with E-state index >= 15 is 0 Å². The molecule has 0 unspecified atom stereocenters. The fraction of sp³-hybridized carbons (Fsp3) is 0.360. The molecule has 0 radical (unpaired) electrons. The smallest absolute Gasteiger partial charge is 0.418 e. The highest BCUT2D eigenvalue weighted by Gasteiger charge is 2.46. The summed E-state index contributed by atoms with van der Waals surface area (Å²) in [6.45, 7) is 2.23. The zero-order chi connectivity index (χ0) is 27.4. The number of hydrogen-bond acceptors (Lipinski definition) is 5. The molecule has 0 spiro atoms. The van der Waals surface area contributed by atoms with Crippen LogP contribution in [-0.2, 0) is 26.7 Å². The van der Waals surface area contributed by atoms with Crippen LogP contribution in [0, 0.1) is 5.92 Å². The van der Waals surface area contributed by atoms with Crippen LogP contribution < -0.4 is 5.73 Å². The summed E-state index contributed by atoms with van der Waals surface area (Å²) in [5.74, 6) is -1.43. The molecule has 1 aliphatic rings. The van der Waals surface area contributed by atoms with Crippen molar-refractivity contribution < 1.29 is 40.7 Å². The van der Waals surface area contributed by atoms with Crippen LogP contribution in [0.5, 0.6) is 0 Å². The van der Waals surface area contributed by atoms with Gasteiger partial charge in [-0.25, -0.2) is 0 Å². The average Bonchev–Trinajstić information content (AvgIpc) is 2.81. The van der Waals surface area contributed by atoms with Crippen LogP contribution in [-0.4, -0.2) is 36.5 Å². The lowest BCUT2D eigenvalue weighted by Crippen LogP contribution is -2.39. The summed E-state index contributed by atoms with van der Waals surface area (Å²) in [5.41, 5.74) is 1.39. The van der Waals surface area contributed by atoms with Gasteiger partial charge in [-0.1, -0.05) is 23.9 Å². The van der Waals surface area contributed by atoms with E-state index in [1.54, 1.807) is 6.92 Å². The molecule has 5 nitrogen and oxygen atoms in total. The first kappa shape index (κ1) is 28.4. The summed E-state index contributed by atoms with van der Waals surface area (Å²) in [7, 11) is 0. The van der Waals surface area contributed by atoms with E-state index in [4.69, 9.17) is 10.5 Å². The molecular weight excluding hydrogens is 522 g/mol. The zero-order valence-electron chi connectivity index (χ0n) is 19.7. The third-order valence-corrected chi connectivity index (χ3v) is 6.73. The largest absolute Gasteiger partial charge is 0.466 e. The van der Waals surface area contributed by atoms with Crippen molar-refractivity contribution >= 4 is 35.4 Å². The first-order chi connectivity index (χ1) is 17.3. The van der Waals surface area contributed by atoms with Crippen molar-refractivity contribution in [2.24, 2.45) is 5.92 Å². The van der Waals surface area contributed by atoms with Crippen molar-refractivity contribution in [3.63, 3.8) is 0 Å². The molecule has 2 aromatic rings. The first-order valence-electron chi connectivity index (χ1n) is 11.3. The lowest BCUT2D eigenvalue weighted by atomic mass is 9.96. The zero-order valence-corrected chi connectivity index (χ0v) is 20.5. The summed E-state index contributed by atoms with van der Waals surface area (Å²) in [6.07, 6.45) is -8.47. The Labute approximate surface area is 213 Å². The molecule has 1 heterocycles. The number of alkyl halides is 6. The Morgan fingerprint density at radius 3 is 2.27 bits per heavy atom. The molecule has 1 aliphatic heterocycles. The fourth-order valence-electron chi connectivity index (χ4n) is 3.98. The second-order valence-corrected chi connectivity index (χ2v) is 9.37. The van der Waals surface area contributed by atoms with Crippen LogP contribution >= 0.6 is 11.8 Å². The van der Waals surface area contributed by atoms with E-state index in [1.807, 2.05) is 0 Å². The van der Waals surface area contributed by atoms with E-state index in [0.29, 0.717) is 24.6 Å². The standard InChI is InChI=1S/C25H24F6N2O3S/c1-2-36-23(35)16-10-12-33(13-11-16)20(34)9-7-15-6-8-19(37-18-5-3-4-17(32)14-18)22(25(29,30)31)21(15)24(26,27)28/h3-9,14,16H,2,10-13,32H2,1H3. The van der Waals surface area contributed by atoms with Crippen LogP contribution in [0.3, 0.4) is 0 Å². The molecule has 3 rings (SSSR count). The van der Waals surface area contributed by atoms with Crippen LogP contribution in [0.1, 0.15) is 36.5 Å². The van der Waals surface area contributed by atoms with Crippen molar-refractivity contribution in [2.45, 2.75) is 41.9 Å². The van der Waals surface area contributed by atoms with E-state index in [2.05, 4.69) is 0 Å². The molecule has 1 fully saturated rings. The lowest BCUT2D eigenvalue weighted by molar-refractivity contribution is -0.163. The number of carbonyl (C=O) groups is 2. The van der Waals surface area contributed by atoms with Gasteiger partial charge < -0.3 is 15.4 Å². The summed E-state index contributed by atoms with van der Waals surface area (Å²) in [4.78, 5) is 25.3. The van der Waals surface area contributed by atoms with Crippen molar-refractivity contribution in [3.8, 4) is 0 Å². The van der Waals surface area contributed by atoms with Gasteiger partial charge in [-0.05, 0) is 55.7 Å². The maximum absolute atomic E-state index is 14.0. The van der Waals surface area contributed by atoms with Gasteiger partial charge in [-0.3, -0.25) is 9.59 Å². The topological polar surface area (TPSA) is 72.6 Å². The van der Waals surface area contributed by atoms with E-state index < -0.39 is 39.8 Å². The Morgan fingerprint density at radius 1 is 1.05 bits per heavy atom. The average molecular weight is 547 g/mol. The molecule has 0 saturated carbocycles. The van der Waals surface area contributed by atoms with E-state index in [1.165, 1.54) is 29.2 Å². The molecule has 0 atom stereocenters. The molecule has 37 heavy (non-hydrogen) atoms. The Bertz CT molecular complexity index is 1170. The van der Waals surface area contributed by atoms with Gasteiger partial charge in [0.25, 0.3) is 0 Å². The predicted octanol–water partition coefficient (Wildman–Crippen LogP) is 6.27. The lowest BCUT2D eigenvalue weighted by Gasteiger charge is -2.30. The van der Waals surface area contributed by atoms with Gasteiger partial charge in [0.05, 0.1) is 23.7 Å². The normalized spacial score (nSPS) is 15.3. The first-order valence-corrected chi connectivity index (χ1v) is 12.1. The Balaban J connectivity index is 1.91. The number of nitrogen functional groups attached to an aromatic ring is 1. The monoisotopic (exact) mass is 546 g/mol. The highest BCUT2D eigenvalue weighted by molar-refractivity contribution is 7.99. The van der Waals surface area contributed by atoms with Gasteiger partial charge in [0.2, 0.25) is 5.91 Å². The number of piperidine rings is 1. The number of esters is 1. The van der Waals surface area contributed by atoms with Gasteiger partial charge >= 0.3 is 18.3 Å². The number of ether oxygens (including phenoxy) is 1. The quantitative estimate of drug-likeness (QED) is 0.200. The molecule has 12 heteroatoms. The second kappa shape index (κ2) is 11.5. The second-order valence-electron chi connectivity index (χ2n) is 8.26. The van der Waals surface area contributed by atoms with Crippen LogP contribution in [0.25, 0.3) is 6.08 Å². The van der Waals surface area contributed by atoms with E-state index in [9.17, 15) is 35.9 Å². The number of rotatable bonds is 6. The fourth-order valence-corrected chi connectivity index (χ4v) is 5.03. The Kier molecular flexibility index (Phi) is 8.83. The predicted molar refractivity (Wildman–Crippen MR) is 126 cm³/mol. The maximum atomic E-state index is 14.0. The van der Waals surface area contributed by atoms with Crippen molar-refractivity contribution in [2.75, 3.05) is 25.4 Å². The SMILES string of the molecule is CCOC(=O)C1CCN(C(=O)C=Cc2ccc(Sc3cccc(N)c3)c(C(F)(F)F)c2C(F)(F)F)CC1. The number of likely N-dealkylation sites (tertiary alicyclic amines) is 1. The Morgan fingerprint density at radius 2 is 1.70 bits per heavy atom. The molecule has 2 N–H and O–H groups in total. The molecule has 0 aliphatic carbocycles. The van der Waals surface area contributed by atoms with Crippen LogP contribution in [0.2, 0.25) is 0 Å². The summed E-state index contributed by atoms with van der Waals surface area (Å²) < 4.78 is 88.8. The number of nitrogens with two attached hydrogens (primary N) is 1. The molecule has 1 saturated heterocycles. The van der Waals surface area contributed by atoms with Gasteiger partial charge in [-0.15, -0.1) is 0 Å². The van der Waals surface area contributed by atoms with Crippen LogP contribution in [0.15, 0.2) is 52.3 Å². The minimum Gasteiger partial charge on any atom is -0.466 e. The highest BCUT2D eigenvalue weighted by Crippen LogP contribution is 2.48. The molecule has 0 bridgehead atoms. The third-order valence-electron chi connectivity index (χ3n) is 5.68. The summed E-state index contributed by atoms with van der Waals surface area (Å²) in [5, 5.41) is 0. The third kappa shape index (κ3) is 7.21. The van der Waals surface area contributed by atoms with Crippen molar-refractivity contribution in [1.82, 2.24) is 4.90 Å². The van der Waals surface area contributed by atoms with Gasteiger partial charge in [0, 0.05) is 34.6 Å². The van der Waals surface area contributed by atoms with Crippen molar-refractivity contribution in [1.29, 1.82) is 0 Å². The summed E-state index contributed by atoms with van der Waals surface area (Å²) >= 11 is 0.510. The number of amides is 1. The molecule has 0 aromatic heterocycles. The molecule has 1 amide bonds. The summed E-state index contributed by atoms with van der Waals surface area (Å²) in [6, 6.07) is 7.63. The van der Waals surface area contributed by atoms with Gasteiger partial charge in [0.1, 0.15) is 0 Å². The van der Waals surface area contributed by atoms with Gasteiger partial charge in [-0.2, -0.15) is 26.3 Å². The highest BCUT2D eigenvalue weighted by atomic mass is 32.2. The Hall–Kier alpha value is -3.15. The number of halogens is 6. The molecule has 200 valence electrons. The number of nitrogens with zero attached hydrogens (tertiary/aromatic N) is 1. The number of hydrogen-bond donors (Lipinski definition) is 1. The van der Waals surface area contributed by atoms with E-state index in [-0.39, 0.29) is 42.2 Å². The van der Waals surface area contributed by atoms with E-state index in [0.717, 1.165) is 24.3 Å². The number of benzene rings is 2. The van der Waals surface area contributed by atoms with Crippen LogP contribution in [0.4, 0.5) is 32.0 Å². The van der Waals surface area contributed by atoms with Crippen molar-refractivity contribution in [3.05, 3.63) is 59.2 Å². The minimum absolute atomic E-state index is 0.169. The number of anilines is 1. The maximum Gasteiger partial charge on any atom is 0.418 e. The minimum atomic E-state index is -5.35. The molecular formula is C25H24F6N2O3S. The molecule has 2 aromatic carbocycles.